The number of likely N-dealkylation sites (tertiary alicyclic amines) is 1. The van der Waals surface area contributed by atoms with Gasteiger partial charge in [0.1, 0.15) is 0 Å². The molecule has 0 radical (unpaired) electrons. The molecule has 2 unspecified atom stereocenters. The van der Waals surface area contributed by atoms with E-state index < -0.39 is 0 Å². The second-order valence-corrected chi connectivity index (χ2v) is 6.35. The number of hydrogen-bond donors (Lipinski definition) is 1. The van der Waals surface area contributed by atoms with Gasteiger partial charge in [0.25, 0.3) is 0 Å². The first-order valence-corrected chi connectivity index (χ1v) is 8.93. The standard InChI is InChI=1S/C17H31N3O2.HI/c1-3-18-17(19-11-7-10-16(21)22-4-2)20-12-14-8-5-6-9-15(14)13-20;/h14-15H,3-13H2,1-2H3,(H,18,19);1H. The minimum atomic E-state index is -0.116. The molecule has 0 aromatic carbocycles. The Morgan fingerprint density at radius 3 is 2.43 bits per heavy atom. The third-order valence-corrected chi connectivity index (χ3v) is 4.72. The average Bonchev–Trinajstić information content (AvgIpc) is 2.94. The summed E-state index contributed by atoms with van der Waals surface area (Å²) in [6, 6.07) is 0. The Balaban J connectivity index is 0.00000264. The van der Waals surface area contributed by atoms with Gasteiger partial charge in [-0.2, -0.15) is 0 Å². The molecule has 23 heavy (non-hydrogen) atoms. The van der Waals surface area contributed by atoms with Gasteiger partial charge in [-0.25, -0.2) is 0 Å². The van der Waals surface area contributed by atoms with Crippen molar-refractivity contribution in [2.24, 2.45) is 16.8 Å². The summed E-state index contributed by atoms with van der Waals surface area (Å²) >= 11 is 0. The molecule has 0 aromatic heterocycles. The summed E-state index contributed by atoms with van der Waals surface area (Å²) in [5.74, 6) is 2.63. The molecule has 1 heterocycles. The van der Waals surface area contributed by atoms with E-state index in [1.54, 1.807) is 0 Å². The van der Waals surface area contributed by atoms with Crippen LogP contribution < -0.4 is 5.32 Å². The second kappa shape index (κ2) is 11.1. The Labute approximate surface area is 157 Å². The van der Waals surface area contributed by atoms with Crippen LogP contribution in [0.25, 0.3) is 0 Å². The minimum absolute atomic E-state index is 0. The summed E-state index contributed by atoms with van der Waals surface area (Å²) in [7, 11) is 0. The van der Waals surface area contributed by atoms with Crippen LogP contribution in [0.15, 0.2) is 4.99 Å². The van der Waals surface area contributed by atoms with E-state index in [2.05, 4.69) is 17.1 Å². The molecule has 2 atom stereocenters. The number of nitrogens with one attached hydrogen (secondary N) is 1. The van der Waals surface area contributed by atoms with Crippen molar-refractivity contribution in [2.75, 3.05) is 32.8 Å². The fourth-order valence-corrected chi connectivity index (χ4v) is 3.65. The van der Waals surface area contributed by atoms with Gasteiger partial charge in [-0.15, -0.1) is 24.0 Å². The quantitative estimate of drug-likeness (QED) is 0.228. The Hall–Kier alpha value is -0.530. The van der Waals surface area contributed by atoms with E-state index in [1.165, 1.54) is 25.7 Å². The zero-order chi connectivity index (χ0) is 15.8. The smallest absolute Gasteiger partial charge is 0.305 e. The predicted molar refractivity (Wildman–Crippen MR) is 104 cm³/mol. The fourth-order valence-electron chi connectivity index (χ4n) is 3.65. The van der Waals surface area contributed by atoms with Crippen LogP contribution in [0.5, 0.6) is 0 Å². The number of carbonyl (C=O) groups excluding carboxylic acids is 1. The highest BCUT2D eigenvalue weighted by Gasteiger charge is 2.35. The van der Waals surface area contributed by atoms with Crippen molar-refractivity contribution in [3.05, 3.63) is 0 Å². The SMILES string of the molecule is CCNC(=NCCCC(=O)OCC)N1CC2CCCCC2C1.I. The second-order valence-electron chi connectivity index (χ2n) is 6.35. The zero-order valence-corrected chi connectivity index (χ0v) is 16.9. The van der Waals surface area contributed by atoms with Crippen LogP contribution in [-0.2, 0) is 9.53 Å². The number of guanidine groups is 1. The molecule has 5 nitrogen and oxygen atoms in total. The number of carbonyl (C=O) groups is 1. The summed E-state index contributed by atoms with van der Waals surface area (Å²) in [6.07, 6.45) is 6.76. The maximum atomic E-state index is 11.3. The van der Waals surface area contributed by atoms with E-state index in [0.717, 1.165) is 43.9 Å². The number of halogens is 1. The molecule has 1 saturated carbocycles. The Morgan fingerprint density at radius 2 is 1.87 bits per heavy atom. The van der Waals surface area contributed by atoms with Gasteiger partial charge < -0.3 is 15.0 Å². The van der Waals surface area contributed by atoms with Crippen molar-refractivity contribution in [3.8, 4) is 0 Å². The normalized spacial score (nSPS) is 23.9. The lowest BCUT2D eigenvalue weighted by molar-refractivity contribution is -0.143. The molecule has 1 saturated heterocycles. The first-order chi connectivity index (χ1) is 10.7. The zero-order valence-electron chi connectivity index (χ0n) is 14.6. The van der Waals surface area contributed by atoms with Crippen molar-refractivity contribution in [1.29, 1.82) is 0 Å². The molecule has 0 aromatic rings. The van der Waals surface area contributed by atoms with E-state index in [0.29, 0.717) is 19.6 Å². The summed E-state index contributed by atoms with van der Waals surface area (Å²) < 4.78 is 4.95. The summed E-state index contributed by atoms with van der Waals surface area (Å²) in [5, 5.41) is 3.41. The van der Waals surface area contributed by atoms with Crippen molar-refractivity contribution >= 4 is 35.9 Å². The molecule has 0 bridgehead atoms. The number of nitrogens with zero attached hydrogens (tertiary/aromatic N) is 2. The molecule has 1 N–H and O–H groups in total. The van der Waals surface area contributed by atoms with E-state index in [1.807, 2.05) is 6.92 Å². The Bertz CT molecular complexity index is 376. The average molecular weight is 437 g/mol. The van der Waals surface area contributed by atoms with Gasteiger partial charge in [-0.1, -0.05) is 12.8 Å². The van der Waals surface area contributed by atoms with Crippen molar-refractivity contribution in [3.63, 3.8) is 0 Å². The molecular weight excluding hydrogens is 405 g/mol. The van der Waals surface area contributed by atoms with Gasteiger partial charge in [-0.05, 0) is 44.9 Å². The fraction of sp³-hybridized carbons (Fsp3) is 0.882. The monoisotopic (exact) mass is 437 g/mol. The highest BCUT2D eigenvalue weighted by molar-refractivity contribution is 14.0. The van der Waals surface area contributed by atoms with Crippen LogP contribution in [0.3, 0.4) is 0 Å². The Morgan fingerprint density at radius 1 is 1.22 bits per heavy atom. The lowest BCUT2D eigenvalue weighted by atomic mass is 9.82. The number of esters is 1. The lowest BCUT2D eigenvalue weighted by Gasteiger charge is -2.22. The van der Waals surface area contributed by atoms with Crippen molar-refractivity contribution in [2.45, 2.75) is 52.4 Å². The van der Waals surface area contributed by atoms with E-state index in [9.17, 15) is 4.79 Å². The summed E-state index contributed by atoms with van der Waals surface area (Å²) in [5.41, 5.74) is 0. The van der Waals surface area contributed by atoms with Gasteiger partial charge >= 0.3 is 5.97 Å². The van der Waals surface area contributed by atoms with Crippen LogP contribution >= 0.6 is 24.0 Å². The molecule has 134 valence electrons. The molecule has 6 heteroatoms. The van der Waals surface area contributed by atoms with Crippen LogP contribution in [-0.4, -0.2) is 49.6 Å². The van der Waals surface area contributed by atoms with E-state index >= 15 is 0 Å². The maximum Gasteiger partial charge on any atom is 0.305 e. The molecular formula is C17H32IN3O2. The van der Waals surface area contributed by atoms with Gasteiger partial charge in [0.05, 0.1) is 6.61 Å². The third-order valence-electron chi connectivity index (χ3n) is 4.72. The van der Waals surface area contributed by atoms with E-state index in [-0.39, 0.29) is 29.9 Å². The number of fused-ring (bicyclic) bond motifs is 1. The van der Waals surface area contributed by atoms with Gasteiger partial charge in [-0.3, -0.25) is 9.79 Å². The van der Waals surface area contributed by atoms with Gasteiger partial charge in [0, 0.05) is 32.6 Å². The first-order valence-electron chi connectivity index (χ1n) is 8.93. The first kappa shape index (κ1) is 20.5. The molecule has 0 spiro atoms. The number of ether oxygens (including phenoxy) is 1. The van der Waals surface area contributed by atoms with Crippen LogP contribution in [0.4, 0.5) is 0 Å². The van der Waals surface area contributed by atoms with Crippen molar-refractivity contribution < 1.29 is 9.53 Å². The van der Waals surface area contributed by atoms with Crippen LogP contribution in [0.1, 0.15) is 52.4 Å². The minimum Gasteiger partial charge on any atom is -0.466 e. The Kier molecular flexibility index (Phi) is 9.90. The maximum absolute atomic E-state index is 11.3. The number of rotatable bonds is 6. The van der Waals surface area contributed by atoms with E-state index in [4.69, 9.17) is 9.73 Å². The highest BCUT2D eigenvalue weighted by atomic mass is 127. The van der Waals surface area contributed by atoms with Gasteiger partial charge in [0.15, 0.2) is 5.96 Å². The molecule has 1 aliphatic heterocycles. The third kappa shape index (κ3) is 6.47. The number of aliphatic imine (C=N–C) groups is 1. The van der Waals surface area contributed by atoms with Gasteiger partial charge in [0.2, 0.25) is 0 Å². The van der Waals surface area contributed by atoms with Crippen LogP contribution in [0, 0.1) is 11.8 Å². The van der Waals surface area contributed by atoms with Crippen LogP contribution in [0.2, 0.25) is 0 Å². The van der Waals surface area contributed by atoms with Crippen molar-refractivity contribution in [1.82, 2.24) is 10.2 Å². The molecule has 2 aliphatic rings. The highest BCUT2D eigenvalue weighted by Crippen LogP contribution is 2.35. The summed E-state index contributed by atoms with van der Waals surface area (Å²) in [6.45, 7) is 8.28. The molecule has 2 rings (SSSR count). The largest absolute Gasteiger partial charge is 0.466 e. The lowest BCUT2D eigenvalue weighted by Crippen LogP contribution is -2.40. The topological polar surface area (TPSA) is 53.9 Å². The molecule has 0 amide bonds. The predicted octanol–water partition coefficient (Wildman–Crippen LogP) is 3.04. The number of hydrogen-bond acceptors (Lipinski definition) is 3. The molecule has 2 fully saturated rings. The molecule has 1 aliphatic carbocycles. The summed E-state index contributed by atoms with van der Waals surface area (Å²) in [4.78, 5) is 18.5.